The Morgan fingerprint density at radius 1 is 1.00 bits per heavy atom. The van der Waals surface area contributed by atoms with Gasteiger partial charge in [-0.25, -0.2) is 0 Å². The molecule has 0 saturated carbocycles. The van der Waals surface area contributed by atoms with Gasteiger partial charge in [0, 0.05) is 12.6 Å². The zero-order valence-corrected chi connectivity index (χ0v) is 11.2. The maximum Gasteiger partial charge on any atom is 0.0547 e. The average Bonchev–Trinajstić information content (AvgIpc) is 2.11. The van der Waals surface area contributed by atoms with Gasteiger partial charge in [-0.3, -0.25) is 0 Å². The number of hydrogen-bond donors (Lipinski definition) is 1. The SMILES string of the molecule is CC(C)CCOC(C)CCCNC(C)C. The first-order valence-corrected chi connectivity index (χ1v) is 6.37. The summed E-state index contributed by atoms with van der Waals surface area (Å²) in [6.45, 7) is 13.0. The van der Waals surface area contributed by atoms with Crippen molar-refractivity contribution < 1.29 is 4.74 Å². The predicted octanol–water partition coefficient (Wildman–Crippen LogP) is 3.22. The fourth-order valence-electron chi connectivity index (χ4n) is 1.37. The van der Waals surface area contributed by atoms with E-state index in [1.54, 1.807) is 0 Å². The van der Waals surface area contributed by atoms with Crippen LogP contribution >= 0.6 is 0 Å². The van der Waals surface area contributed by atoms with Crippen molar-refractivity contribution in [1.82, 2.24) is 5.32 Å². The molecule has 2 heteroatoms. The highest BCUT2D eigenvalue weighted by Gasteiger charge is 2.02. The first-order chi connectivity index (χ1) is 7.02. The summed E-state index contributed by atoms with van der Waals surface area (Å²) in [6.07, 6.45) is 3.96. The van der Waals surface area contributed by atoms with Crippen LogP contribution in [-0.4, -0.2) is 25.3 Å². The van der Waals surface area contributed by atoms with Crippen molar-refractivity contribution >= 4 is 0 Å². The Labute approximate surface area is 95.8 Å². The van der Waals surface area contributed by atoms with Crippen molar-refractivity contribution in [3.63, 3.8) is 0 Å². The van der Waals surface area contributed by atoms with Gasteiger partial charge in [-0.15, -0.1) is 0 Å². The molecule has 0 fully saturated rings. The van der Waals surface area contributed by atoms with E-state index in [-0.39, 0.29) is 0 Å². The van der Waals surface area contributed by atoms with Crippen LogP contribution in [0.3, 0.4) is 0 Å². The molecule has 0 aliphatic heterocycles. The molecule has 0 aliphatic rings. The van der Waals surface area contributed by atoms with Crippen LogP contribution in [0.15, 0.2) is 0 Å². The second-order valence-corrected chi connectivity index (χ2v) is 5.11. The number of nitrogens with one attached hydrogen (secondary N) is 1. The summed E-state index contributed by atoms with van der Waals surface area (Å²) in [5.74, 6) is 0.750. The standard InChI is InChI=1S/C13H29NO/c1-11(2)8-10-15-13(5)7-6-9-14-12(3)4/h11-14H,6-10H2,1-5H3. The second kappa shape index (κ2) is 9.17. The predicted molar refractivity (Wildman–Crippen MR) is 67.2 cm³/mol. The zero-order chi connectivity index (χ0) is 11.7. The highest BCUT2D eigenvalue weighted by molar-refractivity contribution is 4.57. The molecule has 1 unspecified atom stereocenters. The van der Waals surface area contributed by atoms with Crippen LogP contribution in [0.25, 0.3) is 0 Å². The van der Waals surface area contributed by atoms with E-state index >= 15 is 0 Å². The van der Waals surface area contributed by atoms with Gasteiger partial charge in [0.2, 0.25) is 0 Å². The molecule has 92 valence electrons. The Kier molecular flexibility index (Phi) is 9.12. The molecule has 2 nitrogen and oxygen atoms in total. The molecular weight excluding hydrogens is 186 g/mol. The molecule has 15 heavy (non-hydrogen) atoms. The van der Waals surface area contributed by atoms with Crippen molar-refractivity contribution in [2.24, 2.45) is 5.92 Å². The van der Waals surface area contributed by atoms with Crippen LogP contribution in [0.1, 0.15) is 53.9 Å². The lowest BCUT2D eigenvalue weighted by molar-refractivity contribution is 0.0520. The molecule has 1 atom stereocenters. The van der Waals surface area contributed by atoms with Gasteiger partial charge in [-0.2, -0.15) is 0 Å². The van der Waals surface area contributed by atoms with Gasteiger partial charge in [0.1, 0.15) is 0 Å². The van der Waals surface area contributed by atoms with Gasteiger partial charge in [-0.05, 0) is 38.6 Å². The van der Waals surface area contributed by atoms with Crippen LogP contribution in [0.2, 0.25) is 0 Å². The van der Waals surface area contributed by atoms with Crippen LogP contribution in [0.4, 0.5) is 0 Å². The quantitative estimate of drug-likeness (QED) is 0.596. The van der Waals surface area contributed by atoms with E-state index in [1.807, 2.05) is 0 Å². The minimum atomic E-state index is 0.415. The summed E-state index contributed by atoms with van der Waals surface area (Å²) in [4.78, 5) is 0. The lowest BCUT2D eigenvalue weighted by Crippen LogP contribution is -2.24. The second-order valence-electron chi connectivity index (χ2n) is 5.11. The summed E-state index contributed by atoms with van der Waals surface area (Å²) in [7, 11) is 0. The maximum atomic E-state index is 5.73. The van der Waals surface area contributed by atoms with E-state index in [0.29, 0.717) is 12.1 Å². The van der Waals surface area contributed by atoms with Gasteiger partial charge in [0.15, 0.2) is 0 Å². The molecular formula is C13H29NO. The average molecular weight is 215 g/mol. The molecule has 0 aliphatic carbocycles. The van der Waals surface area contributed by atoms with Crippen molar-refractivity contribution in [2.45, 2.75) is 66.0 Å². The topological polar surface area (TPSA) is 21.3 Å². The summed E-state index contributed by atoms with van der Waals surface area (Å²) >= 11 is 0. The van der Waals surface area contributed by atoms with Gasteiger partial charge in [0.25, 0.3) is 0 Å². The van der Waals surface area contributed by atoms with E-state index in [1.165, 1.54) is 12.8 Å². The molecule has 0 amide bonds. The van der Waals surface area contributed by atoms with E-state index < -0.39 is 0 Å². The molecule has 1 N–H and O–H groups in total. The lowest BCUT2D eigenvalue weighted by Gasteiger charge is -2.14. The minimum absolute atomic E-state index is 0.415. The Balaban J connectivity index is 3.22. The van der Waals surface area contributed by atoms with Crippen molar-refractivity contribution in [1.29, 1.82) is 0 Å². The van der Waals surface area contributed by atoms with Crippen molar-refractivity contribution in [2.75, 3.05) is 13.2 Å². The number of ether oxygens (including phenoxy) is 1. The molecule has 0 aromatic heterocycles. The lowest BCUT2D eigenvalue weighted by atomic mass is 10.1. The molecule has 0 rings (SSSR count). The normalized spacial score (nSPS) is 13.8. The van der Waals surface area contributed by atoms with E-state index in [4.69, 9.17) is 4.74 Å². The summed E-state index contributed by atoms with van der Waals surface area (Å²) in [6, 6.07) is 0.599. The fraction of sp³-hybridized carbons (Fsp3) is 1.00. The Hall–Kier alpha value is -0.0800. The Morgan fingerprint density at radius 3 is 2.20 bits per heavy atom. The summed E-state index contributed by atoms with van der Waals surface area (Å²) in [5.41, 5.74) is 0. The number of hydrogen-bond acceptors (Lipinski definition) is 2. The number of rotatable bonds is 9. The molecule has 0 heterocycles. The summed E-state index contributed by atoms with van der Waals surface area (Å²) in [5, 5.41) is 3.42. The third kappa shape index (κ3) is 11.8. The monoisotopic (exact) mass is 215 g/mol. The van der Waals surface area contributed by atoms with E-state index in [9.17, 15) is 0 Å². The van der Waals surface area contributed by atoms with Gasteiger partial charge in [-0.1, -0.05) is 27.7 Å². The first kappa shape index (κ1) is 14.9. The highest BCUT2D eigenvalue weighted by Crippen LogP contribution is 2.05. The molecule has 0 radical (unpaired) electrons. The maximum absolute atomic E-state index is 5.73. The van der Waals surface area contributed by atoms with Gasteiger partial charge >= 0.3 is 0 Å². The smallest absolute Gasteiger partial charge is 0.0547 e. The molecule has 0 spiro atoms. The minimum Gasteiger partial charge on any atom is -0.378 e. The largest absolute Gasteiger partial charge is 0.378 e. The van der Waals surface area contributed by atoms with E-state index in [0.717, 1.165) is 25.5 Å². The third-order valence-corrected chi connectivity index (χ3v) is 2.44. The summed E-state index contributed by atoms with van der Waals surface area (Å²) < 4.78 is 5.73. The van der Waals surface area contributed by atoms with Crippen LogP contribution < -0.4 is 5.32 Å². The van der Waals surface area contributed by atoms with Crippen LogP contribution in [0.5, 0.6) is 0 Å². The van der Waals surface area contributed by atoms with Crippen LogP contribution in [0, 0.1) is 5.92 Å². The highest BCUT2D eigenvalue weighted by atomic mass is 16.5. The Morgan fingerprint density at radius 2 is 1.67 bits per heavy atom. The van der Waals surface area contributed by atoms with Crippen LogP contribution in [-0.2, 0) is 4.74 Å². The Bertz CT molecular complexity index is 134. The molecule has 0 saturated heterocycles. The molecule has 0 aromatic carbocycles. The molecule has 0 aromatic rings. The van der Waals surface area contributed by atoms with Gasteiger partial charge in [0.05, 0.1) is 6.10 Å². The van der Waals surface area contributed by atoms with E-state index in [2.05, 4.69) is 39.9 Å². The molecule has 0 bridgehead atoms. The fourth-order valence-corrected chi connectivity index (χ4v) is 1.37. The zero-order valence-electron chi connectivity index (χ0n) is 11.2. The van der Waals surface area contributed by atoms with Crippen molar-refractivity contribution in [3.8, 4) is 0 Å². The third-order valence-electron chi connectivity index (χ3n) is 2.44. The van der Waals surface area contributed by atoms with Crippen molar-refractivity contribution in [3.05, 3.63) is 0 Å². The van der Waals surface area contributed by atoms with Gasteiger partial charge < -0.3 is 10.1 Å². The first-order valence-electron chi connectivity index (χ1n) is 6.37.